The Bertz CT molecular complexity index is 1150. The summed E-state index contributed by atoms with van der Waals surface area (Å²) in [6, 6.07) is 16.6. The lowest BCUT2D eigenvalue weighted by Gasteiger charge is -2.24. The summed E-state index contributed by atoms with van der Waals surface area (Å²) in [4.78, 5) is -0.0861. The molecule has 0 aromatic heterocycles. The number of halogens is 2. The second-order valence-electron chi connectivity index (χ2n) is 6.56. The molecule has 0 fully saturated rings. The van der Waals surface area contributed by atoms with E-state index >= 15 is 0 Å². The molecule has 0 spiro atoms. The lowest BCUT2D eigenvalue weighted by atomic mass is 9.98. The highest BCUT2D eigenvalue weighted by Crippen LogP contribution is 2.30. The predicted octanol–water partition coefficient (Wildman–Crippen LogP) is 4.18. The fourth-order valence-electron chi connectivity index (χ4n) is 2.91. The first-order valence-electron chi connectivity index (χ1n) is 8.77. The monoisotopic (exact) mass is 467 g/mol. The van der Waals surface area contributed by atoms with E-state index in [4.69, 9.17) is 27.9 Å². The molecule has 3 N–H and O–H groups in total. The van der Waals surface area contributed by atoms with Gasteiger partial charge in [-0.15, -0.1) is 0 Å². The first-order chi connectivity index (χ1) is 14.1. The molecule has 9 heteroatoms. The van der Waals surface area contributed by atoms with E-state index in [1.54, 1.807) is 24.3 Å². The van der Waals surface area contributed by atoms with Crippen LogP contribution in [0, 0.1) is 0 Å². The smallest absolute Gasteiger partial charge is 0.262 e. The van der Waals surface area contributed by atoms with Crippen LogP contribution in [0.25, 0.3) is 0 Å². The van der Waals surface area contributed by atoms with E-state index in [9.17, 15) is 18.6 Å². The third-order valence-electron chi connectivity index (χ3n) is 4.42. The Balaban J connectivity index is 1.91. The molecule has 30 heavy (non-hydrogen) atoms. The Morgan fingerprint density at radius 2 is 1.63 bits per heavy atom. The van der Waals surface area contributed by atoms with Gasteiger partial charge in [-0.2, -0.15) is 0 Å². The van der Waals surface area contributed by atoms with E-state index in [-0.39, 0.29) is 33.2 Å². The topological polar surface area (TPSA) is 95.9 Å². The Hall–Kier alpha value is -2.29. The van der Waals surface area contributed by atoms with Crippen molar-refractivity contribution in [1.29, 1.82) is 0 Å². The SMILES string of the molecule is COc1ccc(C(O)(O)Cc2ccccc2S(=O)(=O)Nc2ccc(Cl)c(Cl)c2)cc1. The van der Waals surface area contributed by atoms with Gasteiger partial charge in [0.2, 0.25) is 0 Å². The van der Waals surface area contributed by atoms with Gasteiger partial charge in [0.15, 0.2) is 5.79 Å². The van der Waals surface area contributed by atoms with E-state index in [2.05, 4.69) is 4.72 Å². The van der Waals surface area contributed by atoms with Gasteiger partial charge in [-0.05, 0) is 54.1 Å². The molecule has 0 aliphatic carbocycles. The quantitative estimate of drug-likeness (QED) is 0.452. The molecule has 0 amide bonds. The van der Waals surface area contributed by atoms with Crippen LogP contribution in [-0.4, -0.2) is 25.7 Å². The summed E-state index contributed by atoms with van der Waals surface area (Å²) >= 11 is 11.8. The maximum Gasteiger partial charge on any atom is 0.262 e. The van der Waals surface area contributed by atoms with E-state index in [0.29, 0.717) is 10.8 Å². The molecule has 0 aliphatic rings. The van der Waals surface area contributed by atoms with Gasteiger partial charge in [-0.1, -0.05) is 41.4 Å². The minimum Gasteiger partial charge on any atom is -0.497 e. The fraction of sp³-hybridized carbons (Fsp3) is 0.143. The second kappa shape index (κ2) is 8.83. The van der Waals surface area contributed by atoms with Gasteiger partial charge in [-0.3, -0.25) is 4.72 Å². The molecule has 0 atom stereocenters. The molecule has 0 radical (unpaired) electrons. The molecule has 0 unspecified atom stereocenters. The van der Waals surface area contributed by atoms with Crippen molar-refractivity contribution in [3.05, 3.63) is 87.9 Å². The highest BCUT2D eigenvalue weighted by atomic mass is 35.5. The van der Waals surface area contributed by atoms with Crippen LogP contribution in [-0.2, 0) is 22.2 Å². The van der Waals surface area contributed by atoms with Crippen molar-refractivity contribution in [2.45, 2.75) is 17.1 Å². The molecule has 6 nitrogen and oxygen atoms in total. The summed E-state index contributed by atoms with van der Waals surface area (Å²) in [6.07, 6.45) is -0.349. The number of ether oxygens (including phenoxy) is 1. The lowest BCUT2D eigenvalue weighted by molar-refractivity contribution is -0.168. The zero-order valence-corrected chi connectivity index (χ0v) is 18.2. The maximum atomic E-state index is 13.0. The van der Waals surface area contributed by atoms with Crippen LogP contribution in [0.4, 0.5) is 5.69 Å². The Kier molecular flexibility index (Phi) is 6.59. The Morgan fingerprint density at radius 3 is 2.27 bits per heavy atom. The number of hydrogen-bond acceptors (Lipinski definition) is 5. The van der Waals surface area contributed by atoms with Crippen LogP contribution < -0.4 is 9.46 Å². The highest BCUT2D eigenvalue weighted by molar-refractivity contribution is 7.92. The van der Waals surface area contributed by atoms with Gasteiger partial charge in [-0.25, -0.2) is 8.42 Å². The van der Waals surface area contributed by atoms with Gasteiger partial charge in [0, 0.05) is 12.0 Å². The summed E-state index contributed by atoms with van der Waals surface area (Å²) in [6.45, 7) is 0. The molecular weight excluding hydrogens is 449 g/mol. The van der Waals surface area contributed by atoms with Crippen LogP contribution in [0.1, 0.15) is 11.1 Å². The van der Waals surface area contributed by atoms with Gasteiger partial charge in [0.05, 0.1) is 27.7 Å². The molecule has 3 rings (SSSR count). The largest absolute Gasteiger partial charge is 0.497 e. The lowest BCUT2D eigenvalue weighted by Crippen LogP contribution is -2.29. The van der Waals surface area contributed by atoms with Crippen molar-refractivity contribution in [1.82, 2.24) is 0 Å². The summed E-state index contributed by atoms with van der Waals surface area (Å²) in [5.41, 5.74) is 0.660. The van der Waals surface area contributed by atoms with Crippen molar-refractivity contribution in [3.63, 3.8) is 0 Å². The standard InChI is InChI=1S/C21H19Cl2NO5S/c1-29-17-9-6-15(7-10-17)21(25,26)13-14-4-2-3-5-20(14)30(27,28)24-16-8-11-18(22)19(23)12-16/h2-12,24-26H,13H2,1H3. The van der Waals surface area contributed by atoms with E-state index in [1.165, 1.54) is 49.6 Å². The average molecular weight is 468 g/mol. The third-order valence-corrected chi connectivity index (χ3v) is 6.64. The highest BCUT2D eigenvalue weighted by Gasteiger charge is 2.30. The van der Waals surface area contributed by atoms with Crippen LogP contribution in [0.15, 0.2) is 71.6 Å². The summed E-state index contributed by atoms with van der Waals surface area (Å²) in [5, 5.41) is 21.7. The normalized spacial score (nSPS) is 11.9. The first kappa shape index (κ1) is 22.4. The van der Waals surface area contributed by atoms with E-state index < -0.39 is 15.8 Å². The van der Waals surface area contributed by atoms with Gasteiger partial charge >= 0.3 is 0 Å². The van der Waals surface area contributed by atoms with E-state index in [1.807, 2.05) is 0 Å². The number of benzene rings is 3. The molecule has 0 aliphatic heterocycles. The molecule has 0 saturated carbocycles. The van der Waals surface area contributed by atoms with Crippen LogP contribution in [0.5, 0.6) is 5.75 Å². The minimum atomic E-state index is -4.03. The zero-order chi connectivity index (χ0) is 21.9. The number of methoxy groups -OCH3 is 1. The molecule has 3 aromatic rings. The Morgan fingerprint density at radius 1 is 0.967 bits per heavy atom. The van der Waals surface area contributed by atoms with Crippen LogP contribution in [0.3, 0.4) is 0 Å². The van der Waals surface area contributed by atoms with Crippen molar-refractivity contribution >= 4 is 38.9 Å². The molecule has 158 valence electrons. The van der Waals surface area contributed by atoms with Crippen molar-refractivity contribution in [2.24, 2.45) is 0 Å². The average Bonchev–Trinajstić information content (AvgIpc) is 2.70. The number of nitrogens with one attached hydrogen (secondary N) is 1. The predicted molar refractivity (Wildman–Crippen MR) is 117 cm³/mol. The Labute approximate surface area is 184 Å². The van der Waals surface area contributed by atoms with Gasteiger partial charge in [0.25, 0.3) is 10.0 Å². The van der Waals surface area contributed by atoms with Crippen molar-refractivity contribution < 1.29 is 23.4 Å². The summed E-state index contributed by atoms with van der Waals surface area (Å²) in [5.74, 6) is -1.73. The zero-order valence-electron chi connectivity index (χ0n) is 15.8. The molecular formula is C21H19Cl2NO5S. The second-order valence-corrected chi connectivity index (χ2v) is 9.03. The first-order valence-corrected chi connectivity index (χ1v) is 11.0. The number of aliphatic hydroxyl groups is 2. The number of hydrogen-bond donors (Lipinski definition) is 3. The molecule has 0 saturated heterocycles. The molecule has 3 aromatic carbocycles. The summed E-state index contributed by atoms with van der Waals surface area (Å²) in [7, 11) is -2.53. The van der Waals surface area contributed by atoms with Crippen molar-refractivity contribution in [2.75, 3.05) is 11.8 Å². The molecule has 0 heterocycles. The van der Waals surface area contributed by atoms with E-state index in [0.717, 1.165) is 0 Å². The minimum absolute atomic E-state index is 0.0861. The number of rotatable bonds is 7. The van der Waals surface area contributed by atoms with Crippen molar-refractivity contribution in [3.8, 4) is 5.75 Å². The molecule has 0 bridgehead atoms. The number of sulfonamides is 1. The van der Waals surface area contributed by atoms with Crippen LogP contribution >= 0.6 is 23.2 Å². The summed E-state index contributed by atoms with van der Waals surface area (Å²) < 4.78 is 33.4. The maximum absolute atomic E-state index is 13.0. The van der Waals surface area contributed by atoms with Gasteiger partial charge in [0.1, 0.15) is 5.75 Å². The third kappa shape index (κ3) is 5.06. The number of anilines is 1. The van der Waals surface area contributed by atoms with Crippen LogP contribution in [0.2, 0.25) is 10.0 Å². The fourth-order valence-corrected chi connectivity index (χ4v) is 4.50. The van der Waals surface area contributed by atoms with Gasteiger partial charge < -0.3 is 14.9 Å².